The molecule has 0 aromatic heterocycles. The summed E-state index contributed by atoms with van der Waals surface area (Å²) in [5, 5.41) is 2.53. The Kier molecular flexibility index (Phi) is 7.10. The van der Waals surface area contributed by atoms with E-state index in [9.17, 15) is 0 Å². The van der Waals surface area contributed by atoms with Crippen molar-refractivity contribution in [3.8, 4) is 0 Å². The number of quaternary nitrogens is 2. The highest BCUT2D eigenvalue weighted by Gasteiger charge is 2.42. The van der Waals surface area contributed by atoms with E-state index in [0.29, 0.717) is 0 Å². The molecule has 2 saturated heterocycles. The molecule has 26 heavy (non-hydrogen) atoms. The van der Waals surface area contributed by atoms with Crippen LogP contribution >= 0.6 is 0 Å². The van der Waals surface area contributed by atoms with Gasteiger partial charge in [-0.3, -0.25) is 0 Å². The Hall–Kier alpha value is -0.940. The van der Waals surface area contributed by atoms with Crippen LogP contribution in [0.3, 0.4) is 0 Å². The van der Waals surface area contributed by atoms with E-state index < -0.39 is 0 Å². The van der Waals surface area contributed by atoms with Crippen LogP contribution in [0.2, 0.25) is 0 Å². The molecule has 2 heterocycles. The molecule has 0 unspecified atom stereocenters. The minimum absolute atomic E-state index is 0.0201. The largest absolute Gasteiger partial charge is 0.376 e. The van der Waals surface area contributed by atoms with Crippen LogP contribution in [0.4, 0.5) is 0 Å². The topological polar surface area (TPSA) is 39.5 Å². The number of nitrogens with two attached hydrogens (primary N) is 1. The first-order valence-corrected chi connectivity index (χ1v) is 10.5. The Bertz CT molecular complexity index is 528. The van der Waals surface area contributed by atoms with Gasteiger partial charge in [-0.15, -0.1) is 0 Å². The van der Waals surface area contributed by atoms with E-state index in [0.717, 1.165) is 32.7 Å². The van der Waals surface area contributed by atoms with E-state index in [-0.39, 0.29) is 11.0 Å². The third kappa shape index (κ3) is 5.53. The molecule has 0 amide bonds. The summed E-state index contributed by atoms with van der Waals surface area (Å²) in [5.41, 5.74) is 1.76. The first-order valence-electron chi connectivity index (χ1n) is 10.5. The van der Waals surface area contributed by atoms with Gasteiger partial charge >= 0.3 is 0 Å². The van der Waals surface area contributed by atoms with Gasteiger partial charge in [0.25, 0.3) is 0 Å². The zero-order valence-electron chi connectivity index (χ0n) is 16.8. The van der Waals surface area contributed by atoms with Crippen molar-refractivity contribution in [2.24, 2.45) is 0 Å². The molecule has 2 fully saturated rings. The molecule has 1 atom stereocenters. The summed E-state index contributed by atoms with van der Waals surface area (Å²) < 4.78 is 11.5. The Balaban J connectivity index is 1.47. The maximum Gasteiger partial charge on any atom is 0.101 e. The Morgan fingerprint density at radius 2 is 1.81 bits per heavy atom. The van der Waals surface area contributed by atoms with Crippen molar-refractivity contribution in [2.75, 3.05) is 52.5 Å². The molecule has 3 N–H and O–H groups in total. The number of hydrogen-bond donors (Lipinski definition) is 2. The molecule has 3 rings (SSSR count). The molecular weight excluding hydrogens is 324 g/mol. The van der Waals surface area contributed by atoms with Gasteiger partial charge in [-0.05, 0) is 32.3 Å². The number of rotatable bonds is 8. The number of hydrogen-bond acceptors (Lipinski definition) is 2. The first kappa shape index (κ1) is 19.8. The predicted octanol–water partition coefficient (Wildman–Crippen LogP) is 0.772. The van der Waals surface area contributed by atoms with Crippen molar-refractivity contribution >= 4 is 0 Å². The van der Waals surface area contributed by atoms with Gasteiger partial charge in [0.15, 0.2) is 0 Å². The second-order valence-electron chi connectivity index (χ2n) is 8.76. The van der Waals surface area contributed by atoms with Gasteiger partial charge in [0.2, 0.25) is 0 Å². The average molecular weight is 363 g/mol. The monoisotopic (exact) mass is 362 g/mol. The number of ether oxygens (including phenoxy) is 2. The zero-order valence-corrected chi connectivity index (χ0v) is 16.8. The van der Waals surface area contributed by atoms with E-state index in [2.05, 4.69) is 49.5 Å². The molecular formula is C22H38N2O2+2. The Morgan fingerprint density at radius 1 is 1.04 bits per heavy atom. The van der Waals surface area contributed by atoms with Gasteiger partial charge < -0.3 is 19.7 Å². The average Bonchev–Trinajstić information content (AvgIpc) is 2.65. The molecule has 146 valence electrons. The van der Waals surface area contributed by atoms with Crippen LogP contribution in [-0.2, 0) is 14.9 Å². The number of nitrogens with one attached hydrogen (secondary N) is 1. The van der Waals surface area contributed by atoms with Gasteiger partial charge in [-0.25, -0.2) is 0 Å². The number of benzene rings is 1. The minimum atomic E-state index is -0.0201. The van der Waals surface area contributed by atoms with E-state index >= 15 is 0 Å². The smallest absolute Gasteiger partial charge is 0.101 e. The highest BCUT2D eigenvalue weighted by Crippen LogP contribution is 2.43. The van der Waals surface area contributed by atoms with Crippen molar-refractivity contribution in [3.63, 3.8) is 0 Å². The van der Waals surface area contributed by atoms with E-state index in [4.69, 9.17) is 9.47 Å². The minimum Gasteiger partial charge on any atom is -0.376 e. The summed E-state index contributed by atoms with van der Waals surface area (Å²) in [5.74, 6) is 0. The molecule has 0 spiro atoms. The lowest BCUT2D eigenvalue weighted by molar-refractivity contribution is -0.909. The van der Waals surface area contributed by atoms with Crippen LogP contribution in [0.15, 0.2) is 30.3 Å². The predicted molar refractivity (Wildman–Crippen MR) is 105 cm³/mol. The van der Waals surface area contributed by atoms with E-state index in [1.54, 1.807) is 4.90 Å². The maximum atomic E-state index is 6.03. The van der Waals surface area contributed by atoms with E-state index in [1.807, 2.05) is 0 Å². The van der Waals surface area contributed by atoms with Gasteiger partial charge in [0.1, 0.15) is 13.1 Å². The van der Waals surface area contributed by atoms with Crippen molar-refractivity contribution in [3.05, 3.63) is 35.9 Å². The Labute approximate surface area is 159 Å². The van der Waals surface area contributed by atoms with Gasteiger partial charge in [0.05, 0.1) is 38.4 Å². The van der Waals surface area contributed by atoms with Crippen molar-refractivity contribution in [1.82, 2.24) is 0 Å². The highest BCUT2D eigenvalue weighted by atomic mass is 16.5. The second-order valence-corrected chi connectivity index (χ2v) is 8.76. The second kappa shape index (κ2) is 9.32. The van der Waals surface area contributed by atoms with Crippen molar-refractivity contribution in [2.45, 2.75) is 50.5 Å². The fourth-order valence-electron chi connectivity index (χ4n) is 4.80. The van der Waals surface area contributed by atoms with Crippen LogP contribution in [-0.4, -0.2) is 58.1 Å². The van der Waals surface area contributed by atoms with Crippen molar-refractivity contribution < 1.29 is 19.7 Å². The van der Waals surface area contributed by atoms with Gasteiger partial charge in [-0.1, -0.05) is 30.3 Å². The molecule has 1 aromatic carbocycles. The SMILES string of the molecule is CC1(C)C[C@@](CC[NH2+]CCC[NH+]2CCOCC2)(c2ccccc2)CCO1. The zero-order chi connectivity index (χ0) is 18.3. The van der Waals surface area contributed by atoms with Crippen LogP contribution in [0, 0.1) is 0 Å². The summed E-state index contributed by atoms with van der Waals surface area (Å²) in [6, 6.07) is 11.1. The number of morpholine rings is 1. The highest BCUT2D eigenvalue weighted by molar-refractivity contribution is 5.26. The van der Waals surface area contributed by atoms with Crippen molar-refractivity contribution in [1.29, 1.82) is 0 Å². The van der Waals surface area contributed by atoms with Crippen LogP contribution in [0.25, 0.3) is 0 Å². The lowest BCUT2D eigenvalue weighted by Gasteiger charge is -2.45. The molecule has 0 aliphatic carbocycles. The fraction of sp³-hybridized carbons (Fsp3) is 0.727. The lowest BCUT2D eigenvalue weighted by atomic mass is 9.67. The molecule has 0 bridgehead atoms. The summed E-state index contributed by atoms with van der Waals surface area (Å²) in [6.45, 7) is 13.4. The third-order valence-corrected chi connectivity index (χ3v) is 6.19. The standard InChI is InChI=1S/C22H36N2O2/c1-21(2)19-22(10-16-26-21,20-7-4-3-5-8-20)9-12-23-11-6-13-24-14-17-25-18-15-24/h3-5,7-8,23H,6,9-19H2,1-2H3/p+2/t22-/m0/s1. The lowest BCUT2D eigenvalue weighted by Crippen LogP contribution is -3.14. The Morgan fingerprint density at radius 3 is 2.54 bits per heavy atom. The first-order chi connectivity index (χ1) is 12.6. The van der Waals surface area contributed by atoms with Gasteiger partial charge in [0, 0.05) is 24.9 Å². The summed E-state index contributed by atoms with van der Waals surface area (Å²) in [4.78, 5) is 1.72. The molecule has 0 saturated carbocycles. The molecule has 2 aliphatic rings. The molecule has 0 radical (unpaired) electrons. The van der Waals surface area contributed by atoms with Crippen LogP contribution in [0.1, 0.15) is 45.1 Å². The molecule has 4 heteroatoms. The quantitative estimate of drug-likeness (QED) is 0.671. The summed E-state index contributed by atoms with van der Waals surface area (Å²) in [7, 11) is 0. The third-order valence-electron chi connectivity index (χ3n) is 6.19. The van der Waals surface area contributed by atoms with Gasteiger partial charge in [-0.2, -0.15) is 0 Å². The normalized spacial score (nSPS) is 26.7. The van der Waals surface area contributed by atoms with E-state index in [1.165, 1.54) is 51.1 Å². The van der Waals surface area contributed by atoms with Crippen LogP contribution in [0.5, 0.6) is 0 Å². The molecule has 4 nitrogen and oxygen atoms in total. The summed E-state index contributed by atoms with van der Waals surface area (Å²) in [6.07, 6.45) is 4.82. The molecule has 1 aromatic rings. The fourth-order valence-corrected chi connectivity index (χ4v) is 4.80. The molecule has 2 aliphatic heterocycles. The maximum absolute atomic E-state index is 6.03. The van der Waals surface area contributed by atoms with Crippen LogP contribution < -0.4 is 10.2 Å². The summed E-state index contributed by atoms with van der Waals surface area (Å²) >= 11 is 0.